The van der Waals surface area contributed by atoms with Gasteiger partial charge in [0.1, 0.15) is 0 Å². The lowest BCUT2D eigenvalue weighted by Gasteiger charge is -1.97. The molecule has 2 nitrogen and oxygen atoms in total. The predicted octanol–water partition coefficient (Wildman–Crippen LogP) is 1.56. The number of hydrogen-bond acceptors (Lipinski definition) is 2. The molecule has 3 heteroatoms. The number of ketones is 1. The van der Waals surface area contributed by atoms with Gasteiger partial charge < -0.3 is 5.73 Å². The molecule has 0 aliphatic rings. The first-order valence-electron chi connectivity index (χ1n) is 3.54. The second-order valence-electron chi connectivity index (χ2n) is 2.50. The fraction of sp³-hybridized carbons (Fsp3) is 0.222. The van der Waals surface area contributed by atoms with E-state index < -0.39 is 0 Å². The summed E-state index contributed by atoms with van der Waals surface area (Å²) in [7, 11) is 0. The zero-order valence-electron chi connectivity index (χ0n) is 6.91. The first kappa shape index (κ1) is 11.1. The van der Waals surface area contributed by atoms with Crippen LogP contribution in [0.5, 0.6) is 0 Å². The van der Waals surface area contributed by atoms with Crippen molar-refractivity contribution in [2.24, 2.45) is 5.73 Å². The number of Topliss-reactive ketones (excluding diaryl/α,β-unsaturated/α-hetero) is 1. The first-order chi connectivity index (χ1) is 5.24. The highest BCUT2D eigenvalue weighted by atomic mass is 35.5. The molecule has 0 aliphatic carbocycles. The number of hydrogen-bond donors (Lipinski definition) is 1. The molecule has 0 aromatic heterocycles. The molecule has 2 N–H and O–H groups in total. The van der Waals surface area contributed by atoms with Crippen molar-refractivity contribution in [3.63, 3.8) is 0 Å². The molecule has 0 spiro atoms. The van der Waals surface area contributed by atoms with Crippen molar-refractivity contribution in [1.82, 2.24) is 0 Å². The largest absolute Gasteiger partial charge is 0.324 e. The third-order valence-corrected chi connectivity index (χ3v) is 1.53. The third kappa shape index (κ3) is 2.64. The van der Waals surface area contributed by atoms with Crippen LogP contribution in [0.25, 0.3) is 0 Å². The van der Waals surface area contributed by atoms with Crippen LogP contribution in [-0.2, 0) is 0 Å². The van der Waals surface area contributed by atoms with Gasteiger partial charge in [-0.15, -0.1) is 12.4 Å². The summed E-state index contributed by atoms with van der Waals surface area (Å²) >= 11 is 0. The molecule has 0 atom stereocenters. The lowest BCUT2D eigenvalue weighted by Crippen LogP contribution is -2.13. The van der Waals surface area contributed by atoms with E-state index in [-0.39, 0.29) is 24.7 Å². The number of halogens is 1. The number of rotatable bonds is 2. The van der Waals surface area contributed by atoms with E-state index in [1.54, 1.807) is 6.07 Å². The van der Waals surface area contributed by atoms with Gasteiger partial charge in [-0.2, -0.15) is 0 Å². The summed E-state index contributed by atoms with van der Waals surface area (Å²) < 4.78 is 0. The molecule has 1 rings (SSSR count). The molecule has 1 aromatic carbocycles. The standard InChI is InChI=1S/C9H11NO.ClH/c1-7-3-2-4-8(5-7)9(11)6-10;/h2-5H,6,10H2,1H3;1H. The Bertz CT molecular complexity index is 273. The first-order valence-corrected chi connectivity index (χ1v) is 3.54. The molecule has 0 unspecified atom stereocenters. The van der Waals surface area contributed by atoms with Crippen molar-refractivity contribution in [1.29, 1.82) is 0 Å². The van der Waals surface area contributed by atoms with Gasteiger partial charge >= 0.3 is 0 Å². The van der Waals surface area contributed by atoms with Gasteiger partial charge in [-0.3, -0.25) is 4.79 Å². The number of nitrogens with two attached hydrogens (primary N) is 1. The topological polar surface area (TPSA) is 43.1 Å². The Hall–Kier alpha value is -0.860. The molecular formula is C9H12ClNO. The Balaban J connectivity index is 0.00000121. The molecule has 1 aromatic rings. The maximum absolute atomic E-state index is 11.0. The van der Waals surface area contributed by atoms with Crippen LogP contribution in [0.1, 0.15) is 15.9 Å². The van der Waals surface area contributed by atoms with Crippen LogP contribution in [-0.4, -0.2) is 12.3 Å². The van der Waals surface area contributed by atoms with Gasteiger partial charge in [-0.25, -0.2) is 0 Å². The average molecular weight is 186 g/mol. The van der Waals surface area contributed by atoms with Crippen LogP contribution in [0.4, 0.5) is 0 Å². The van der Waals surface area contributed by atoms with Gasteiger partial charge in [-0.1, -0.05) is 23.8 Å². The molecule has 0 saturated heterocycles. The second kappa shape index (κ2) is 4.91. The Morgan fingerprint density at radius 2 is 2.17 bits per heavy atom. The number of carbonyl (C=O) groups is 1. The van der Waals surface area contributed by atoms with Gasteiger partial charge in [0.15, 0.2) is 5.78 Å². The van der Waals surface area contributed by atoms with E-state index in [2.05, 4.69) is 0 Å². The Morgan fingerprint density at radius 1 is 1.50 bits per heavy atom. The van der Waals surface area contributed by atoms with Crippen molar-refractivity contribution in [2.75, 3.05) is 6.54 Å². The summed E-state index contributed by atoms with van der Waals surface area (Å²) in [5.74, 6) is -0.00583. The van der Waals surface area contributed by atoms with Gasteiger partial charge in [-0.05, 0) is 13.0 Å². The number of carbonyl (C=O) groups excluding carboxylic acids is 1. The number of aryl methyl sites for hydroxylation is 1. The molecule has 0 saturated carbocycles. The molecule has 0 fully saturated rings. The Kier molecular flexibility index (Phi) is 4.55. The van der Waals surface area contributed by atoms with Crippen molar-refractivity contribution < 1.29 is 4.79 Å². The van der Waals surface area contributed by atoms with Gasteiger partial charge in [0.2, 0.25) is 0 Å². The minimum atomic E-state index is -0.00583. The van der Waals surface area contributed by atoms with E-state index in [0.717, 1.165) is 5.56 Å². The summed E-state index contributed by atoms with van der Waals surface area (Å²) in [6, 6.07) is 7.43. The van der Waals surface area contributed by atoms with E-state index in [0.29, 0.717) is 5.56 Å². The molecule has 66 valence electrons. The highest BCUT2D eigenvalue weighted by Gasteiger charge is 2.00. The smallest absolute Gasteiger partial charge is 0.176 e. The molecular weight excluding hydrogens is 174 g/mol. The van der Waals surface area contributed by atoms with Crippen LogP contribution < -0.4 is 5.73 Å². The zero-order chi connectivity index (χ0) is 8.27. The highest BCUT2D eigenvalue weighted by molar-refractivity contribution is 5.97. The summed E-state index contributed by atoms with van der Waals surface area (Å²) in [6.45, 7) is 2.04. The minimum Gasteiger partial charge on any atom is -0.324 e. The highest BCUT2D eigenvalue weighted by Crippen LogP contribution is 2.03. The zero-order valence-corrected chi connectivity index (χ0v) is 7.73. The van der Waals surface area contributed by atoms with E-state index >= 15 is 0 Å². The van der Waals surface area contributed by atoms with Gasteiger partial charge in [0.05, 0.1) is 6.54 Å². The molecule has 0 aliphatic heterocycles. The van der Waals surface area contributed by atoms with Crippen LogP contribution in [0.2, 0.25) is 0 Å². The summed E-state index contributed by atoms with van der Waals surface area (Å²) in [5.41, 5.74) is 6.99. The van der Waals surface area contributed by atoms with Crippen LogP contribution >= 0.6 is 12.4 Å². The molecule has 12 heavy (non-hydrogen) atoms. The fourth-order valence-electron chi connectivity index (χ4n) is 0.936. The minimum absolute atomic E-state index is 0. The fourth-order valence-corrected chi connectivity index (χ4v) is 0.936. The number of benzene rings is 1. The SMILES string of the molecule is Cc1cccc(C(=O)CN)c1.Cl. The molecule has 0 amide bonds. The molecule has 0 bridgehead atoms. The monoisotopic (exact) mass is 185 g/mol. The van der Waals surface area contributed by atoms with Crippen LogP contribution in [0.15, 0.2) is 24.3 Å². The van der Waals surface area contributed by atoms with Crippen molar-refractivity contribution >= 4 is 18.2 Å². The normalized spacial score (nSPS) is 8.83. The van der Waals surface area contributed by atoms with Crippen molar-refractivity contribution in [3.8, 4) is 0 Å². The van der Waals surface area contributed by atoms with Crippen molar-refractivity contribution in [2.45, 2.75) is 6.92 Å². The third-order valence-electron chi connectivity index (χ3n) is 1.53. The van der Waals surface area contributed by atoms with E-state index in [4.69, 9.17) is 5.73 Å². The molecule has 0 heterocycles. The van der Waals surface area contributed by atoms with E-state index in [1.165, 1.54) is 0 Å². The van der Waals surface area contributed by atoms with Gasteiger partial charge in [0, 0.05) is 5.56 Å². The lowest BCUT2D eigenvalue weighted by molar-refractivity contribution is 0.100. The Labute approximate surface area is 78.2 Å². The lowest BCUT2D eigenvalue weighted by atomic mass is 10.1. The summed E-state index contributed by atoms with van der Waals surface area (Å²) in [5, 5.41) is 0. The summed E-state index contributed by atoms with van der Waals surface area (Å²) in [4.78, 5) is 11.0. The molecule has 0 radical (unpaired) electrons. The van der Waals surface area contributed by atoms with Crippen LogP contribution in [0, 0.1) is 6.92 Å². The maximum atomic E-state index is 11.0. The van der Waals surface area contributed by atoms with Gasteiger partial charge in [0.25, 0.3) is 0 Å². The summed E-state index contributed by atoms with van der Waals surface area (Å²) in [6.07, 6.45) is 0. The van der Waals surface area contributed by atoms with E-state index in [9.17, 15) is 4.79 Å². The van der Waals surface area contributed by atoms with Crippen LogP contribution in [0.3, 0.4) is 0 Å². The van der Waals surface area contributed by atoms with Crippen molar-refractivity contribution in [3.05, 3.63) is 35.4 Å². The second-order valence-corrected chi connectivity index (χ2v) is 2.50. The average Bonchev–Trinajstić information content (AvgIpc) is 2.03. The predicted molar refractivity (Wildman–Crippen MR) is 51.8 cm³/mol. The quantitative estimate of drug-likeness (QED) is 0.711. The van der Waals surface area contributed by atoms with E-state index in [1.807, 2.05) is 25.1 Å². The maximum Gasteiger partial charge on any atom is 0.176 e. The Morgan fingerprint density at radius 3 is 2.67 bits per heavy atom.